The van der Waals surface area contributed by atoms with Crippen molar-refractivity contribution in [2.75, 3.05) is 36.5 Å². The van der Waals surface area contributed by atoms with Crippen molar-refractivity contribution < 1.29 is 70.8 Å². The summed E-state index contributed by atoms with van der Waals surface area (Å²) in [5, 5.41) is 21.1. The molecule has 62 heavy (non-hydrogen) atoms. The number of imide groups is 1. The summed E-state index contributed by atoms with van der Waals surface area (Å²) in [7, 11) is -3.71. The maximum absolute atomic E-state index is 14.3. The summed E-state index contributed by atoms with van der Waals surface area (Å²) in [5.41, 5.74) is -1.23. The van der Waals surface area contributed by atoms with E-state index in [0.29, 0.717) is 26.0 Å². The summed E-state index contributed by atoms with van der Waals surface area (Å²) in [6.45, 7) is 0.818. The van der Waals surface area contributed by atoms with E-state index in [0.717, 1.165) is 50.8 Å². The molecule has 3 aromatic rings. The first-order chi connectivity index (χ1) is 28.7. The van der Waals surface area contributed by atoms with Crippen LogP contribution < -0.4 is 25.5 Å². The Labute approximate surface area is 370 Å². The lowest BCUT2D eigenvalue weighted by atomic mass is 10.1. The molecule has 0 radical (unpaired) electrons. The summed E-state index contributed by atoms with van der Waals surface area (Å²) < 4.78 is 75.3. The number of halogens is 7. The standard InChI is InChI=1S/C17H17ClFNO4.C13H10Cl2F3N3O3.C3H8NO5P.C3H9S/c1-9(2)15-16(21)20(17(22)24-15)13-8-14(11(18)7-12(13)19)23-10-5-3-4-6-10;1-5-19-21(13(24)20(5)12(17)18)10-3-6(2-8(15)11(22)23)7(14)4-9(10)16;5-3(6)1-4-2-10(7,8)9;1-4(2)3/h7-8,10H,3-6H2,1-2H3;3-4,8,12H,2H2,1H3,(H,22,23);4H,1-2H2,(H,5,6)(H2,7,8,9);1-3H3/q;;;+1/p-1. The molecule has 2 unspecified atom stereocenters. The molecule has 2 aromatic carbocycles. The van der Waals surface area contributed by atoms with E-state index in [9.17, 15) is 51.0 Å². The zero-order chi connectivity index (χ0) is 47.4. The van der Waals surface area contributed by atoms with Gasteiger partial charge in [-0.15, -0.1) is 16.7 Å². The Kier molecular flexibility index (Phi) is 20.9. The van der Waals surface area contributed by atoms with Gasteiger partial charge in [-0.3, -0.25) is 19.7 Å². The highest BCUT2D eigenvalue weighted by Crippen LogP contribution is 2.37. The van der Waals surface area contributed by atoms with Crippen molar-refractivity contribution >= 4 is 82.9 Å². The van der Waals surface area contributed by atoms with Gasteiger partial charge in [-0.05, 0) is 86.7 Å². The van der Waals surface area contributed by atoms with E-state index >= 15 is 0 Å². The van der Waals surface area contributed by atoms with Gasteiger partial charge in [0.25, 0.3) is 0 Å². The molecule has 0 bridgehead atoms. The SMILES string of the molecule is CC(C)=C1OC(=O)N(c2cc(OC3CCCC3)c(Cl)cc2F)C1=O.C[S+](C)C.Cc1nn(-c2cc(CC(Cl)C(=O)O)c(Cl)cc2F)c(=O)n1C(F)F.O=C(O)CNCP(=O)([O-])O. The first kappa shape index (κ1) is 54.0. The van der Waals surface area contributed by atoms with Crippen LogP contribution in [0.5, 0.6) is 5.75 Å². The van der Waals surface area contributed by atoms with Crippen molar-refractivity contribution in [2.24, 2.45) is 0 Å². The number of nitrogens with zero attached hydrogens (tertiary/aromatic N) is 4. The average molecular weight is 983 g/mol. The number of carboxylic acid groups (broad SMARTS) is 2. The summed E-state index contributed by atoms with van der Waals surface area (Å²) in [6, 6.07) is 4.21. The monoisotopic (exact) mass is 981 g/mol. The minimum absolute atomic E-state index is 0.00962. The molecule has 1 aliphatic heterocycles. The topological polar surface area (TPSA) is 243 Å². The van der Waals surface area contributed by atoms with E-state index < -0.39 is 79.3 Å². The van der Waals surface area contributed by atoms with E-state index in [4.69, 9.17) is 59.4 Å². The Morgan fingerprint density at radius 1 is 1.03 bits per heavy atom. The smallest absolute Gasteiger partial charge is 0.427 e. The summed E-state index contributed by atoms with van der Waals surface area (Å²) in [6.07, 6.45) is 8.62. The predicted octanol–water partition coefficient (Wildman–Crippen LogP) is 6.00. The Hall–Kier alpha value is -4.15. The van der Waals surface area contributed by atoms with E-state index in [1.54, 1.807) is 13.8 Å². The van der Waals surface area contributed by atoms with E-state index in [1.165, 1.54) is 6.07 Å². The molecule has 26 heteroatoms. The van der Waals surface area contributed by atoms with Gasteiger partial charge >= 0.3 is 36.2 Å². The number of carbonyl (C=O) groups excluding carboxylic acids is 2. The minimum atomic E-state index is -4.35. The quantitative estimate of drug-likeness (QED) is 0.0535. The van der Waals surface area contributed by atoms with Gasteiger partial charge in [-0.1, -0.05) is 23.2 Å². The van der Waals surface area contributed by atoms with Crippen LogP contribution in [0.1, 0.15) is 57.5 Å². The highest BCUT2D eigenvalue weighted by atomic mass is 35.5. The zero-order valence-electron chi connectivity index (χ0n) is 33.8. The molecule has 1 aromatic heterocycles. The van der Waals surface area contributed by atoms with Gasteiger partial charge in [0, 0.05) is 17.5 Å². The number of aromatic nitrogens is 3. The predicted molar refractivity (Wildman–Crippen MR) is 222 cm³/mol. The molecule has 344 valence electrons. The molecule has 2 aliphatic rings. The molecule has 17 nitrogen and oxygen atoms in total. The normalized spacial score (nSPS) is 15.2. The third kappa shape index (κ3) is 16.2. The van der Waals surface area contributed by atoms with Gasteiger partial charge in [0.1, 0.15) is 36.1 Å². The molecule has 1 saturated heterocycles. The minimum Gasteiger partial charge on any atom is -0.778 e. The van der Waals surface area contributed by atoms with Crippen LogP contribution in [0.15, 0.2) is 40.4 Å². The molecule has 5 rings (SSSR count). The third-order valence-electron chi connectivity index (χ3n) is 7.84. The number of aryl methyl sites for hydroxylation is 1. The van der Waals surface area contributed by atoms with E-state index in [2.05, 4.69) is 23.9 Å². The molecule has 2 amide bonds. The molecule has 2 heterocycles. The van der Waals surface area contributed by atoms with Crippen LogP contribution >= 0.6 is 42.4 Å². The highest BCUT2D eigenvalue weighted by molar-refractivity contribution is 7.94. The lowest BCUT2D eigenvalue weighted by Crippen LogP contribution is -2.29. The largest absolute Gasteiger partial charge is 0.778 e. The second kappa shape index (κ2) is 24.1. The van der Waals surface area contributed by atoms with Crippen molar-refractivity contribution in [1.29, 1.82) is 0 Å². The number of anilines is 1. The molecular formula is C36H43Cl3F4N5O12PS. The van der Waals surface area contributed by atoms with Crippen LogP contribution in [0.25, 0.3) is 5.69 Å². The number of amides is 2. The number of carbonyl (C=O) groups is 4. The number of carboxylic acids is 2. The summed E-state index contributed by atoms with van der Waals surface area (Å²) in [5.74, 6) is -5.11. The number of hydrogen-bond donors (Lipinski definition) is 4. The van der Waals surface area contributed by atoms with Crippen molar-refractivity contribution in [3.05, 3.63) is 79.1 Å². The number of allylic oxidation sites excluding steroid dienone is 1. The Morgan fingerprint density at radius 2 is 1.58 bits per heavy atom. The van der Waals surface area contributed by atoms with E-state index in [-0.39, 0.29) is 55.7 Å². The van der Waals surface area contributed by atoms with Gasteiger partial charge < -0.3 is 34.0 Å². The van der Waals surface area contributed by atoms with Crippen molar-refractivity contribution in [1.82, 2.24) is 19.7 Å². The number of alkyl halides is 3. The van der Waals surface area contributed by atoms with Gasteiger partial charge in [0.2, 0.25) is 0 Å². The fraction of sp³-hybridized carbons (Fsp3) is 0.444. The Morgan fingerprint density at radius 3 is 2.05 bits per heavy atom. The zero-order valence-corrected chi connectivity index (χ0v) is 37.8. The van der Waals surface area contributed by atoms with Crippen LogP contribution in [0.4, 0.5) is 28.0 Å². The second-order valence-electron chi connectivity index (χ2n) is 13.7. The maximum atomic E-state index is 14.3. The lowest BCUT2D eigenvalue weighted by molar-refractivity contribution is -0.193. The van der Waals surface area contributed by atoms with Crippen molar-refractivity contribution in [2.45, 2.75) is 70.9 Å². The number of hydrogen-bond acceptors (Lipinski definition) is 11. The third-order valence-corrected chi connectivity index (χ3v) is 9.45. The molecule has 2 atom stereocenters. The first-order valence-corrected chi connectivity index (χ1v) is 23.2. The van der Waals surface area contributed by atoms with Crippen LogP contribution in [-0.4, -0.2) is 96.5 Å². The molecular weight excluding hydrogens is 940 g/mol. The summed E-state index contributed by atoms with van der Waals surface area (Å²) >= 11 is 17.5. The maximum Gasteiger partial charge on any atom is 0.427 e. The Bertz CT molecular complexity index is 2250. The van der Waals surface area contributed by atoms with Crippen molar-refractivity contribution in [3.63, 3.8) is 0 Å². The van der Waals surface area contributed by atoms with Gasteiger partial charge in [-0.2, -0.15) is 13.5 Å². The number of benzene rings is 2. The van der Waals surface area contributed by atoms with Gasteiger partial charge in [0.15, 0.2) is 11.6 Å². The molecule has 2 fully saturated rings. The average Bonchev–Trinajstić information content (AvgIpc) is 3.83. The fourth-order valence-corrected chi connectivity index (χ4v) is 6.18. The molecule has 4 N–H and O–H groups in total. The fourth-order valence-electron chi connectivity index (χ4n) is 5.19. The lowest BCUT2D eigenvalue weighted by Gasteiger charge is -2.18. The number of aliphatic carboxylic acids is 2. The highest BCUT2D eigenvalue weighted by Gasteiger charge is 2.40. The van der Waals surface area contributed by atoms with Gasteiger partial charge in [-0.25, -0.2) is 27.8 Å². The van der Waals surface area contributed by atoms with Crippen LogP contribution in [0.2, 0.25) is 10.0 Å². The summed E-state index contributed by atoms with van der Waals surface area (Å²) in [4.78, 5) is 75.5. The van der Waals surface area contributed by atoms with Crippen LogP contribution in [0, 0.1) is 18.6 Å². The molecule has 0 spiro atoms. The van der Waals surface area contributed by atoms with Crippen LogP contribution in [0.3, 0.4) is 0 Å². The van der Waals surface area contributed by atoms with Gasteiger partial charge in [0.05, 0.1) is 48.4 Å². The number of ether oxygens (including phenoxy) is 2. The molecule has 1 aliphatic carbocycles. The second-order valence-corrected chi connectivity index (χ2v) is 19.1. The molecule has 1 saturated carbocycles. The van der Waals surface area contributed by atoms with Crippen LogP contribution in [-0.2, 0) is 41.0 Å². The number of cyclic esters (lactones) is 1. The van der Waals surface area contributed by atoms with Crippen molar-refractivity contribution in [3.8, 4) is 11.4 Å². The first-order valence-electron chi connectivity index (χ1n) is 17.8. The van der Waals surface area contributed by atoms with E-state index in [1.807, 2.05) is 5.32 Å². The number of nitrogens with one attached hydrogen (secondary N) is 1. The Balaban J connectivity index is 0.000000329. The number of rotatable bonds is 12.